The van der Waals surface area contributed by atoms with E-state index in [1.54, 1.807) is 11.0 Å². The van der Waals surface area contributed by atoms with Gasteiger partial charge in [-0.05, 0) is 42.3 Å². The molecule has 3 rings (SSSR count). The molecule has 2 aromatic rings. The molecule has 12 heteroatoms. The second kappa shape index (κ2) is 8.40. The number of benzene rings is 2. The Morgan fingerprint density at radius 1 is 0.839 bits per heavy atom. The van der Waals surface area contributed by atoms with Crippen LogP contribution in [0.25, 0.3) is 0 Å². The quantitative estimate of drug-likeness (QED) is 0.391. The topological polar surface area (TPSA) is 52.7 Å². The highest BCUT2D eigenvalue weighted by atomic mass is 32.2. The van der Waals surface area contributed by atoms with Crippen LogP contribution in [0.1, 0.15) is 5.56 Å². The molecule has 0 amide bonds. The summed E-state index contributed by atoms with van der Waals surface area (Å²) in [6.07, 6.45) is -11.8. The molecule has 0 radical (unpaired) electrons. The molecule has 1 aliphatic rings. The van der Waals surface area contributed by atoms with Crippen LogP contribution < -0.4 is 10.6 Å². The van der Waals surface area contributed by atoms with Gasteiger partial charge in [-0.2, -0.15) is 26.3 Å². The maximum atomic E-state index is 13.6. The van der Waals surface area contributed by atoms with Gasteiger partial charge in [0.15, 0.2) is 0 Å². The molecule has 170 valence electrons. The predicted octanol–water partition coefficient (Wildman–Crippen LogP) is 4.55. The number of nitrogen functional groups attached to an aromatic ring is 1. The summed E-state index contributed by atoms with van der Waals surface area (Å²) in [4.78, 5) is 2.45. The van der Waals surface area contributed by atoms with E-state index in [9.17, 15) is 35.8 Å². The van der Waals surface area contributed by atoms with Gasteiger partial charge in [0.1, 0.15) is 5.82 Å². The molecule has 31 heavy (non-hydrogen) atoms. The molecule has 0 saturated carbocycles. The Morgan fingerprint density at radius 2 is 1.39 bits per heavy atom. The summed E-state index contributed by atoms with van der Waals surface area (Å²) in [5.74, 6) is -0.526. The Kier molecular flexibility index (Phi) is 6.36. The Hall–Kier alpha value is -2.18. The Balaban J connectivity index is 1.67. The van der Waals surface area contributed by atoms with Crippen LogP contribution >= 0.6 is 11.9 Å². The lowest BCUT2D eigenvalue weighted by Crippen LogP contribution is -2.53. The second-order valence-electron chi connectivity index (χ2n) is 6.94. The van der Waals surface area contributed by atoms with Crippen LogP contribution in [-0.4, -0.2) is 47.9 Å². The van der Waals surface area contributed by atoms with Gasteiger partial charge in [-0.3, -0.25) is 0 Å². The summed E-state index contributed by atoms with van der Waals surface area (Å²) in [6.45, 7) is 1.94. The van der Waals surface area contributed by atoms with Crippen LogP contribution in [0.2, 0.25) is 0 Å². The number of hydrogen-bond donors (Lipinski definition) is 2. The standard InChI is InChI=1S/C19H18F7N3OS/c20-15-11-14(5-6-16(15)27)31-29-9-7-28(8-10-29)13-3-1-12(2-4-13)17(30,18(21,22)23)19(24,25)26/h1-6,11,30H,7-10,27H2. The number of hydrogen-bond acceptors (Lipinski definition) is 5. The molecule has 0 spiro atoms. The minimum absolute atomic E-state index is 0.0422. The minimum atomic E-state index is -5.92. The van der Waals surface area contributed by atoms with Crippen molar-refractivity contribution in [2.24, 2.45) is 0 Å². The van der Waals surface area contributed by atoms with Gasteiger partial charge in [-0.1, -0.05) is 12.1 Å². The average molecular weight is 469 g/mol. The molecule has 3 N–H and O–H groups in total. The third kappa shape index (κ3) is 4.70. The van der Waals surface area contributed by atoms with E-state index in [1.807, 2.05) is 4.31 Å². The van der Waals surface area contributed by atoms with Gasteiger partial charge >= 0.3 is 12.4 Å². The van der Waals surface area contributed by atoms with Crippen molar-refractivity contribution in [3.63, 3.8) is 0 Å². The molecular weight excluding hydrogens is 451 g/mol. The number of rotatable bonds is 4. The molecule has 0 bridgehead atoms. The van der Waals surface area contributed by atoms with E-state index in [0.717, 1.165) is 12.1 Å². The fraction of sp³-hybridized carbons (Fsp3) is 0.368. The minimum Gasteiger partial charge on any atom is -0.396 e. The molecule has 4 nitrogen and oxygen atoms in total. The first kappa shape index (κ1) is 23.5. The first-order chi connectivity index (χ1) is 14.3. The van der Waals surface area contributed by atoms with Gasteiger partial charge < -0.3 is 15.7 Å². The molecular formula is C19H18F7N3OS. The normalized spacial score (nSPS) is 16.6. The van der Waals surface area contributed by atoms with E-state index >= 15 is 0 Å². The highest BCUT2D eigenvalue weighted by Crippen LogP contribution is 2.50. The smallest absolute Gasteiger partial charge is 0.396 e. The molecule has 0 aliphatic carbocycles. The van der Waals surface area contributed by atoms with Crippen LogP contribution in [0.5, 0.6) is 0 Å². The predicted molar refractivity (Wildman–Crippen MR) is 103 cm³/mol. The van der Waals surface area contributed by atoms with Crippen LogP contribution in [0.15, 0.2) is 47.4 Å². The van der Waals surface area contributed by atoms with Crippen molar-refractivity contribution in [3.05, 3.63) is 53.8 Å². The van der Waals surface area contributed by atoms with Crippen molar-refractivity contribution in [1.29, 1.82) is 0 Å². The van der Waals surface area contributed by atoms with E-state index in [2.05, 4.69) is 0 Å². The van der Waals surface area contributed by atoms with E-state index < -0.39 is 29.3 Å². The Morgan fingerprint density at radius 3 is 1.87 bits per heavy atom. The summed E-state index contributed by atoms with van der Waals surface area (Å²) >= 11 is 1.32. The maximum absolute atomic E-state index is 13.6. The van der Waals surface area contributed by atoms with Crippen molar-refractivity contribution in [1.82, 2.24) is 4.31 Å². The SMILES string of the molecule is Nc1ccc(SN2CCN(c3ccc(C(O)(C(F)(F)F)C(F)(F)F)cc3)CC2)cc1F. The monoisotopic (exact) mass is 469 g/mol. The molecule has 1 heterocycles. The zero-order valence-electron chi connectivity index (χ0n) is 15.8. The summed E-state index contributed by atoms with van der Waals surface area (Å²) in [5.41, 5.74) is -0.322. The van der Waals surface area contributed by atoms with Crippen LogP contribution in [-0.2, 0) is 5.60 Å². The number of alkyl halides is 6. The third-order valence-electron chi connectivity index (χ3n) is 4.92. The lowest BCUT2D eigenvalue weighted by molar-refractivity contribution is -0.376. The van der Waals surface area contributed by atoms with Gasteiger partial charge in [0, 0.05) is 42.3 Å². The lowest BCUT2D eigenvalue weighted by atomic mass is 9.92. The molecule has 1 saturated heterocycles. The molecule has 1 aliphatic heterocycles. The van der Waals surface area contributed by atoms with Gasteiger partial charge in [-0.25, -0.2) is 8.70 Å². The van der Waals surface area contributed by atoms with Crippen LogP contribution in [0, 0.1) is 5.82 Å². The summed E-state index contributed by atoms with van der Waals surface area (Å²) in [7, 11) is 0. The van der Waals surface area contributed by atoms with Gasteiger partial charge in [0.2, 0.25) is 0 Å². The maximum Gasteiger partial charge on any atom is 0.430 e. The number of piperazine rings is 1. The second-order valence-corrected chi connectivity index (χ2v) is 8.11. The van der Waals surface area contributed by atoms with Crippen LogP contribution in [0.3, 0.4) is 0 Å². The molecule has 0 atom stereocenters. The average Bonchev–Trinajstić information content (AvgIpc) is 2.69. The highest BCUT2D eigenvalue weighted by Gasteiger charge is 2.71. The van der Waals surface area contributed by atoms with Gasteiger partial charge in [0.25, 0.3) is 5.60 Å². The zero-order chi connectivity index (χ0) is 23.0. The number of nitrogens with two attached hydrogens (primary N) is 1. The fourth-order valence-corrected chi connectivity index (χ4v) is 4.08. The summed E-state index contributed by atoms with van der Waals surface area (Å²) in [5, 5.41) is 9.46. The van der Waals surface area contributed by atoms with Crippen molar-refractivity contribution >= 4 is 23.3 Å². The van der Waals surface area contributed by atoms with E-state index in [1.165, 1.54) is 24.1 Å². The highest BCUT2D eigenvalue weighted by molar-refractivity contribution is 7.97. The molecule has 0 unspecified atom stereocenters. The lowest BCUT2D eigenvalue weighted by Gasteiger charge is -2.36. The largest absolute Gasteiger partial charge is 0.430 e. The number of aliphatic hydroxyl groups is 1. The fourth-order valence-electron chi connectivity index (χ4n) is 3.15. The summed E-state index contributed by atoms with van der Waals surface area (Å²) < 4.78 is 93.5. The van der Waals surface area contributed by atoms with Crippen LogP contribution in [0.4, 0.5) is 42.1 Å². The zero-order valence-corrected chi connectivity index (χ0v) is 16.7. The first-order valence-corrected chi connectivity index (χ1v) is 9.79. The van der Waals surface area contributed by atoms with E-state index in [0.29, 0.717) is 48.9 Å². The summed E-state index contributed by atoms with van der Waals surface area (Å²) in [6, 6.07) is 7.96. The third-order valence-corrected chi connectivity index (χ3v) is 6.00. The Labute approximate surface area is 177 Å². The van der Waals surface area contributed by atoms with E-state index in [-0.39, 0.29) is 5.69 Å². The molecule has 1 fully saturated rings. The Bertz CT molecular complexity index is 896. The molecule has 0 aromatic heterocycles. The van der Waals surface area contributed by atoms with Crippen molar-refractivity contribution in [2.45, 2.75) is 22.8 Å². The van der Waals surface area contributed by atoms with Crippen molar-refractivity contribution in [2.75, 3.05) is 36.8 Å². The molecule has 2 aromatic carbocycles. The number of halogens is 7. The van der Waals surface area contributed by atoms with Crippen molar-refractivity contribution < 1.29 is 35.8 Å². The van der Waals surface area contributed by atoms with E-state index in [4.69, 9.17) is 5.73 Å². The van der Waals surface area contributed by atoms with Gasteiger partial charge in [-0.15, -0.1) is 0 Å². The number of nitrogens with zero attached hydrogens (tertiary/aromatic N) is 2. The van der Waals surface area contributed by atoms with Crippen molar-refractivity contribution in [3.8, 4) is 0 Å². The first-order valence-electron chi connectivity index (χ1n) is 9.02. The van der Waals surface area contributed by atoms with Gasteiger partial charge in [0.05, 0.1) is 5.69 Å². The number of anilines is 2.